The van der Waals surface area contributed by atoms with Crippen molar-refractivity contribution in [2.24, 2.45) is 0 Å². The van der Waals surface area contributed by atoms with Crippen LogP contribution in [0.15, 0.2) is 261 Å². The third-order valence-electron chi connectivity index (χ3n) is 12.9. The molecule has 0 unspecified atom stereocenters. The number of anilines is 3. The predicted molar refractivity (Wildman–Crippen MR) is 277 cm³/mol. The number of nitrogens with zero attached hydrogens (tertiary/aromatic N) is 1. The Labute approximate surface area is 385 Å². The molecule has 310 valence electrons. The largest absolute Gasteiger partial charge is 0.456 e. The fraction of sp³-hybridized carbons (Fsp3) is 0. The Balaban J connectivity index is 1.01. The van der Waals surface area contributed by atoms with Crippen LogP contribution in [0.4, 0.5) is 17.1 Å². The molecule has 12 rings (SSSR count). The van der Waals surface area contributed by atoms with Gasteiger partial charge in [-0.2, -0.15) is 0 Å². The van der Waals surface area contributed by atoms with Crippen LogP contribution in [-0.4, -0.2) is 0 Å². The lowest BCUT2D eigenvalue weighted by molar-refractivity contribution is 0.487. The maximum atomic E-state index is 6.51. The van der Waals surface area contributed by atoms with Crippen LogP contribution in [-0.2, 0) is 0 Å². The lowest BCUT2D eigenvalue weighted by Gasteiger charge is -2.29. The van der Waals surface area contributed by atoms with Gasteiger partial charge in [-0.05, 0) is 115 Å². The van der Waals surface area contributed by atoms with E-state index in [0.717, 1.165) is 72.7 Å². The normalized spacial score (nSPS) is 11.5. The summed E-state index contributed by atoms with van der Waals surface area (Å²) < 4.78 is 6.51. The van der Waals surface area contributed by atoms with Crippen molar-refractivity contribution >= 4 is 27.8 Å². The third-order valence-corrected chi connectivity index (χ3v) is 12.9. The van der Waals surface area contributed by atoms with Crippen molar-refractivity contribution in [3.63, 3.8) is 0 Å². The minimum absolute atomic E-state index is 0.886. The van der Waals surface area contributed by atoms with Gasteiger partial charge >= 0.3 is 0 Å². The number of hydrogen-bond donors (Lipinski definition) is 0. The summed E-state index contributed by atoms with van der Waals surface area (Å²) in [5.41, 5.74) is 19.6. The molecule has 0 aliphatic carbocycles. The average molecular weight is 842 g/mol. The number of para-hydroxylation sites is 2. The quantitative estimate of drug-likeness (QED) is 0.144. The molecule has 2 nitrogen and oxygen atoms in total. The van der Waals surface area contributed by atoms with Crippen LogP contribution in [0.25, 0.3) is 88.7 Å². The second-order valence-corrected chi connectivity index (χ2v) is 16.8. The topological polar surface area (TPSA) is 12.5 Å². The minimum atomic E-state index is 0.886. The molecule has 1 aliphatic rings. The van der Waals surface area contributed by atoms with Gasteiger partial charge in [0, 0.05) is 27.9 Å². The SMILES string of the molecule is c1ccc(-c2ccc(-c3ccc(N(c4cccc(-c5ccc6c7c(cccc57)-c5ccccc5O6)c4)c4ccccc4-c4ccccc4-c4ccccc4-c4ccccc4)cc3)cc2)cc1. The van der Waals surface area contributed by atoms with Crippen LogP contribution < -0.4 is 9.64 Å². The van der Waals surface area contributed by atoms with Crippen molar-refractivity contribution in [1.82, 2.24) is 0 Å². The monoisotopic (exact) mass is 841 g/mol. The molecule has 0 radical (unpaired) electrons. The van der Waals surface area contributed by atoms with E-state index in [1.807, 2.05) is 6.07 Å². The number of fused-ring (bicyclic) bond motifs is 2. The van der Waals surface area contributed by atoms with Crippen LogP contribution in [0, 0.1) is 0 Å². The maximum Gasteiger partial charge on any atom is 0.135 e. The number of ether oxygens (including phenoxy) is 1. The number of benzene rings is 11. The molecule has 0 saturated heterocycles. The highest BCUT2D eigenvalue weighted by atomic mass is 16.5. The molecule has 0 aromatic heterocycles. The molecule has 0 amide bonds. The van der Waals surface area contributed by atoms with Crippen molar-refractivity contribution in [3.05, 3.63) is 261 Å². The Morgan fingerprint density at radius 2 is 0.727 bits per heavy atom. The first kappa shape index (κ1) is 38.9. The molecule has 0 saturated carbocycles. The van der Waals surface area contributed by atoms with Gasteiger partial charge in [-0.3, -0.25) is 0 Å². The molecule has 0 bridgehead atoms. The molecule has 0 atom stereocenters. The van der Waals surface area contributed by atoms with Crippen LogP contribution in [0.1, 0.15) is 0 Å². The molecule has 1 heterocycles. The Hall–Kier alpha value is -8.72. The summed E-state index contributed by atoms with van der Waals surface area (Å²) in [6, 6.07) is 93.8. The van der Waals surface area contributed by atoms with E-state index >= 15 is 0 Å². The summed E-state index contributed by atoms with van der Waals surface area (Å²) in [6.07, 6.45) is 0. The fourth-order valence-corrected chi connectivity index (χ4v) is 9.80. The average Bonchev–Trinajstić information content (AvgIpc) is 3.40. The second kappa shape index (κ2) is 16.8. The molecule has 66 heavy (non-hydrogen) atoms. The van der Waals surface area contributed by atoms with E-state index in [9.17, 15) is 0 Å². The van der Waals surface area contributed by atoms with E-state index in [-0.39, 0.29) is 0 Å². The number of rotatable bonds is 9. The first-order valence-electron chi connectivity index (χ1n) is 22.6. The summed E-state index contributed by atoms with van der Waals surface area (Å²) in [5, 5.41) is 2.30. The molecule has 2 heteroatoms. The smallest absolute Gasteiger partial charge is 0.135 e. The highest BCUT2D eigenvalue weighted by molar-refractivity contribution is 6.10. The van der Waals surface area contributed by atoms with E-state index in [1.54, 1.807) is 0 Å². The summed E-state index contributed by atoms with van der Waals surface area (Å²) in [6.45, 7) is 0. The van der Waals surface area contributed by atoms with Crippen molar-refractivity contribution in [1.29, 1.82) is 0 Å². The van der Waals surface area contributed by atoms with Gasteiger partial charge in [-0.25, -0.2) is 0 Å². The van der Waals surface area contributed by atoms with Gasteiger partial charge in [0.1, 0.15) is 11.5 Å². The van der Waals surface area contributed by atoms with E-state index < -0.39 is 0 Å². The standard InChI is InChI=1S/C64H43NO/c1-3-17-44(18-4-1)45-33-35-46(36-34-45)47-37-39-50(40-38-47)65(51-22-15-21-49(43-51)53-41-42-63-64-59(53)29-16-30-60(64)58-28-12-14-32-62(58)66-63)61-31-13-11-27-57(61)56-26-10-9-25-55(56)54-24-8-7-23-52(54)48-19-5-2-6-20-48/h1-43H. The molecular weight excluding hydrogens is 799 g/mol. The van der Waals surface area contributed by atoms with Crippen LogP contribution in [0.2, 0.25) is 0 Å². The Bertz CT molecular complexity index is 3540. The van der Waals surface area contributed by atoms with Gasteiger partial charge in [0.2, 0.25) is 0 Å². The molecule has 0 fully saturated rings. The molecule has 0 N–H and O–H groups in total. The van der Waals surface area contributed by atoms with E-state index in [1.165, 1.54) is 44.5 Å². The van der Waals surface area contributed by atoms with Gasteiger partial charge in [0.25, 0.3) is 0 Å². The van der Waals surface area contributed by atoms with Gasteiger partial charge in [-0.15, -0.1) is 0 Å². The van der Waals surface area contributed by atoms with Gasteiger partial charge in [0.05, 0.1) is 5.69 Å². The van der Waals surface area contributed by atoms with Crippen molar-refractivity contribution in [3.8, 4) is 89.4 Å². The van der Waals surface area contributed by atoms with Crippen LogP contribution in [0.5, 0.6) is 11.5 Å². The first-order chi connectivity index (χ1) is 32.7. The lowest BCUT2D eigenvalue weighted by Crippen LogP contribution is -2.11. The highest BCUT2D eigenvalue weighted by Crippen LogP contribution is 2.50. The molecule has 11 aromatic carbocycles. The van der Waals surface area contributed by atoms with Crippen molar-refractivity contribution in [2.75, 3.05) is 4.90 Å². The lowest BCUT2D eigenvalue weighted by atomic mass is 9.88. The van der Waals surface area contributed by atoms with E-state index in [0.29, 0.717) is 0 Å². The Kier molecular flexibility index (Phi) is 9.89. The second-order valence-electron chi connectivity index (χ2n) is 16.8. The number of hydrogen-bond acceptors (Lipinski definition) is 2. The van der Waals surface area contributed by atoms with Gasteiger partial charge < -0.3 is 9.64 Å². The Morgan fingerprint density at radius 1 is 0.242 bits per heavy atom. The first-order valence-corrected chi connectivity index (χ1v) is 22.6. The third kappa shape index (κ3) is 7.02. The van der Waals surface area contributed by atoms with Crippen molar-refractivity contribution < 1.29 is 4.74 Å². The van der Waals surface area contributed by atoms with Crippen LogP contribution in [0.3, 0.4) is 0 Å². The fourth-order valence-electron chi connectivity index (χ4n) is 9.80. The van der Waals surface area contributed by atoms with Gasteiger partial charge in [-0.1, -0.05) is 218 Å². The van der Waals surface area contributed by atoms with Gasteiger partial charge in [0.15, 0.2) is 0 Å². The maximum absolute atomic E-state index is 6.51. The van der Waals surface area contributed by atoms with Crippen molar-refractivity contribution in [2.45, 2.75) is 0 Å². The zero-order chi connectivity index (χ0) is 43.8. The molecule has 1 aliphatic heterocycles. The zero-order valence-corrected chi connectivity index (χ0v) is 36.2. The zero-order valence-electron chi connectivity index (χ0n) is 36.2. The predicted octanol–water partition coefficient (Wildman–Crippen LogP) is 18.1. The summed E-state index contributed by atoms with van der Waals surface area (Å²) >= 11 is 0. The Morgan fingerprint density at radius 3 is 1.42 bits per heavy atom. The summed E-state index contributed by atoms with van der Waals surface area (Å²) in [7, 11) is 0. The molecule has 0 spiro atoms. The van der Waals surface area contributed by atoms with E-state index in [2.05, 4.69) is 260 Å². The molecule has 11 aromatic rings. The molecular formula is C64H43NO. The van der Waals surface area contributed by atoms with E-state index in [4.69, 9.17) is 4.74 Å². The summed E-state index contributed by atoms with van der Waals surface area (Å²) in [4.78, 5) is 2.42. The minimum Gasteiger partial charge on any atom is -0.456 e. The van der Waals surface area contributed by atoms with Crippen LogP contribution >= 0.6 is 0 Å². The highest BCUT2D eigenvalue weighted by Gasteiger charge is 2.24. The summed E-state index contributed by atoms with van der Waals surface area (Å²) in [5.74, 6) is 1.78.